The summed E-state index contributed by atoms with van der Waals surface area (Å²) in [5.41, 5.74) is -0.364. The molecule has 2 aliphatic rings. The van der Waals surface area contributed by atoms with Crippen LogP contribution >= 0.6 is 15.9 Å². The number of carbonyl (C=O) groups is 2. The number of amides is 1. The van der Waals surface area contributed by atoms with Crippen molar-refractivity contribution in [1.29, 1.82) is 0 Å². The predicted octanol–water partition coefficient (Wildman–Crippen LogP) is 2.85. The van der Waals surface area contributed by atoms with Crippen molar-refractivity contribution in [2.24, 2.45) is 11.3 Å². The second-order valence-electron chi connectivity index (χ2n) is 4.86. The van der Waals surface area contributed by atoms with E-state index in [0.29, 0.717) is 19.4 Å². The summed E-state index contributed by atoms with van der Waals surface area (Å²) in [5, 5.41) is 0. The molecule has 0 unspecified atom stereocenters. The maximum absolute atomic E-state index is 11.7. The van der Waals surface area contributed by atoms with Gasteiger partial charge in [-0.2, -0.15) is 0 Å². The largest absolute Gasteiger partial charge is 0.452 e. The third kappa shape index (κ3) is 2.11. The Kier molecular flexibility index (Phi) is 3.61. The van der Waals surface area contributed by atoms with Crippen molar-refractivity contribution in [1.82, 2.24) is 4.90 Å². The Morgan fingerprint density at radius 3 is 3.06 bits per heavy atom. The van der Waals surface area contributed by atoms with Crippen molar-refractivity contribution < 1.29 is 14.3 Å². The Morgan fingerprint density at radius 1 is 1.72 bits per heavy atom. The van der Waals surface area contributed by atoms with E-state index >= 15 is 0 Å². The maximum Gasteiger partial charge on any atom is 0.413 e. The molecule has 2 atom stereocenters. The van der Waals surface area contributed by atoms with E-state index in [1.54, 1.807) is 6.20 Å². The van der Waals surface area contributed by atoms with E-state index in [9.17, 15) is 9.59 Å². The number of nitrogens with zero attached hydrogens (tertiary/aromatic N) is 1. The van der Waals surface area contributed by atoms with Crippen molar-refractivity contribution in [3.63, 3.8) is 0 Å². The van der Waals surface area contributed by atoms with Gasteiger partial charge in [-0.15, -0.1) is 6.58 Å². The van der Waals surface area contributed by atoms with E-state index in [2.05, 4.69) is 22.5 Å². The molecule has 1 saturated carbocycles. The van der Waals surface area contributed by atoms with Crippen molar-refractivity contribution in [2.45, 2.75) is 19.3 Å². The Labute approximate surface area is 115 Å². The number of ether oxygens (including phenoxy) is 1. The minimum absolute atomic E-state index is 0.230. The molecule has 1 amide bonds. The number of halogens is 1. The number of hydrogen-bond donors (Lipinski definition) is 0. The second kappa shape index (κ2) is 4.88. The molecular weight excluding hydrogens is 298 g/mol. The summed E-state index contributed by atoms with van der Waals surface area (Å²) in [5.74, 6) is 0.465. The number of carbonyl (C=O) groups excluding carboxylic acids is 2. The smallest absolute Gasteiger partial charge is 0.413 e. The van der Waals surface area contributed by atoms with Gasteiger partial charge in [-0.05, 0) is 6.42 Å². The average molecular weight is 314 g/mol. The summed E-state index contributed by atoms with van der Waals surface area (Å²) in [7, 11) is 1.35. The molecule has 5 heteroatoms. The molecule has 0 N–H and O–H groups in total. The number of Topliss-reactive ketones (excluding diaryl/α,β-unsaturated/α-hetero) is 1. The number of fused-ring (bicyclic) bond motifs is 1. The van der Waals surface area contributed by atoms with Crippen molar-refractivity contribution in [3.8, 4) is 0 Å². The zero-order valence-corrected chi connectivity index (χ0v) is 11.9. The molecule has 0 aromatic heterocycles. The van der Waals surface area contributed by atoms with Gasteiger partial charge in [0.15, 0.2) is 0 Å². The highest BCUT2D eigenvalue weighted by Crippen LogP contribution is 2.49. The molecule has 1 aliphatic heterocycles. The fraction of sp³-hybridized carbons (Fsp3) is 0.538. The number of rotatable bonds is 1. The Hall–Kier alpha value is -1.10. The number of ketones is 1. The second-order valence-corrected chi connectivity index (χ2v) is 5.77. The average Bonchev–Trinajstić information content (AvgIpc) is 2.36. The molecule has 1 heterocycles. The van der Waals surface area contributed by atoms with E-state index in [-0.39, 0.29) is 17.1 Å². The van der Waals surface area contributed by atoms with Gasteiger partial charge < -0.3 is 4.74 Å². The van der Waals surface area contributed by atoms with Crippen LogP contribution in [0.15, 0.2) is 23.3 Å². The fourth-order valence-corrected chi connectivity index (χ4v) is 3.80. The van der Waals surface area contributed by atoms with E-state index in [1.165, 1.54) is 12.0 Å². The van der Waals surface area contributed by atoms with Crippen LogP contribution in [0.1, 0.15) is 19.3 Å². The monoisotopic (exact) mass is 313 g/mol. The highest BCUT2D eigenvalue weighted by atomic mass is 79.9. The van der Waals surface area contributed by atoms with Gasteiger partial charge in [0.1, 0.15) is 5.78 Å². The Bertz CT molecular complexity index is 432. The summed E-state index contributed by atoms with van der Waals surface area (Å²) in [6.45, 7) is 4.32. The van der Waals surface area contributed by atoms with Crippen LogP contribution in [0.5, 0.6) is 0 Å². The molecule has 2 rings (SSSR count). The first-order valence-electron chi connectivity index (χ1n) is 5.89. The molecule has 0 bridgehead atoms. The van der Waals surface area contributed by atoms with Crippen molar-refractivity contribution in [2.75, 3.05) is 13.7 Å². The van der Waals surface area contributed by atoms with Crippen LogP contribution in [0.25, 0.3) is 0 Å². The lowest BCUT2D eigenvalue weighted by atomic mass is 9.64. The van der Waals surface area contributed by atoms with Gasteiger partial charge in [-0.1, -0.05) is 22.0 Å². The highest BCUT2D eigenvalue weighted by molar-refractivity contribution is 9.11. The molecule has 0 aromatic rings. The lowest BCUT2D eigenvalue weighted by Gasteiger charge is -2.46. The molecule has 4 nitrogen and oxygen atoms in total. The third-order valence-corrected chi connectivity index (χ3v) is 4.58. The van der Waals surface area contributed by atoms with Gasteiger partial charge >= 0.3 is 6.09 Å². The third-order valence-electron chi connectivity index (χ3n) is 3.82. The van der Waals surface area contributed by atoms with Gasteiger partial charge in [0.05, 0.1) is 7.11 Å². The first-order chi connectivity index (χ1) is 8.52. The van der Waals surface area contributed by atoms with Gasteiger partial charge in [-0.3, -0.25) is 9.69 Å². The maximum atomic E-state index is 11.7. The molecule has 0 radical (unpaired) electrons. The van der Waals surface area contributed by atoms with Crippen LogP contribution in [-0.4, -0.2) is 30.4 Å². The number of methoxy groups -OCH3 is 1. The van der Waals surface area contributed by atoms with Crippen LogP contribution in [0, 0.1) is 11.3 Å². The Balaban J connectivity index is 2.36. The van der Waals surface area contributed by atoms with Crippen LogP contribution in [0.3, 0.4) is 0 Å². The first kappa shape index (κ1) is 13.3. The predicted molar refractivity (Wildman–Crippen MR) is 71.1 cm³/mol. The van der Waals surface area contributed by atoms with Gasteiger partial charge in [0, 0.05) is 41.4 Å². The summed E-state index contributed by atoms with van der Waals surface area (Å²) in [6.07, 6.45) is 5.01. The molecule has 1 aliphatic carbocycles. The summed E-state index contributed by atoms with van der Waals surface area (Å²) in [4.78, 5) is 24.9. The summed E-state index contributed by atoms with van der Waals surface area (Å²) in [6, 6.07) is 0. The standard InChI is InChI=1S/C13H16BrNO3/c1-3-13-6-9(16)4-5-10(13)11(14)7-15(8-13)12(17)18-2/h3,7,10H,1,4-6,8H2,2H3/t10-,13+/m1/s1. The van der Waals surface area contributed by atoms with Gasteiger partial charge in [-0.25, -0.2) is 4.79 Å². The molecule has 0 aromatic carbocycles. The van der Waals surface area contributed by atoms with E-state index in [4.69, 9.17) is 4.74 Å². The van der Waals surface area contributed by atoms with E-state index in [1.807, 2.05) is 6.08 Å². The number of hydrogen-bond acceptors (Lipinski definition) is 3. The SMILES string of the molecule is C=C[C@@]12CC(=O)CC[C@@H]1C(Br)=CN(C(=O)OC)C2. The molecule has 18 heavy (non-hydrogen) atoms. The zero-order chi connectivity index (χ0) is 13.3. The Morgan fingerprint density at radius 2 is 2.44 bits per heavy atom. The molecule has 0 spiro atoms. The lowest BCUT2D eigenvalue weighted by Crippen LogP contribution is -2.48. The van der Waals surface area contributed by atoms with Gasteiger partial charge in [0.25, 0.3) is 0 Å². The van der Waals surface area contributed by atoms with E-state index < -0.39 is 6.09 Å². The zero-order valence-electron chi connectivity index (χ0n) is 10.3. The topological polar surface area (TPSA) is 46.6 Å². The minimum atomic E-state index is -0.412. The minimum Gasteiger partial charge on any atom is -0.452 e. The molecular formula is C13H16BrNO3. The van der Waals surface area contributed by atoms with Crippen LogP contribution < -0.4 is 0 Å². The van der Waals surface area contributed by atoms with E-state index in [0.717, 1.165) is 10.9 Å². The van der Waals surface area contributed by atoms with Crippen LogP contribution in [0.2, 0.25) is 0 Å². The van der Waals surface area contributed by atoms with Crippen molar-refractivity contribution in [3.05, 3.63) is 23.3 Å². The van der Waals surface area contributed by atoms with Crippen LogP contribution in [0.4, 0.5) is 4.79 Å². The van der Waals surface area contributed by atoms with Crippen molar-refractivity contribution >= 4 is 27.8 Å². The molecule has 0 saturated heterocycles. The fourth-order valence-electron chi connectivity index (χ4n) is 2.87. The van der Waals surface area contributed by atoms with Crippen LogP contribution in [-0.2, 0) is 9.53 Å². The highest BCUT2D eigenvalue weighted by Gasteiger charge is 2.47. The molecule has 98 valence electrons. The quantitative estimate of drug-likeness (QED) is 0.699. The first-order valence-corrected chi connectivity index (χ1v) is 6.69. The number of allylic oxidation sites excluding steroid dienone is 1. The summed E-state index contributed by atoms with van der Waals surface area (Å²) >= 11 is 3.52. The van der Waals surface area contributed by atoms with Gasteiger partial charge in [0.2, 0.25) is 0 Å². The lowest BCUT2D eigenvalue weighted by molar-refractivity contribution is -0.124. The normalized spacial score (nSPS) is 31.4. The summed E-state index contributed by atoms with van der Waals surface area (Å²) < 4.78 is 5.67. The molecule has 1 fully saturated rings.